The molecule has 0 saturated carbocycles. The van der Waals surface area contributed by atoms with Gasteiger partial charge in [0.1, 0.15) is 19.3 Å². The van der Waals surface area contributed by atoms with Crippen LogP contribution in [0.4, 0.5) is 0 Å². The van der Waals surface area contributed by atoms with E-state index < -0.39 is 97.5 Å². The summed E-state index contributed by atoms with van der Waals surface area (Å²) in [5.41, 5.74) is 0. The topological polar surface area (TPSA) is 237 Å². The number of unbranched alkanes of at least 4 members (excludes halogenated alkanes) is 57. The van der Waals surface area contributed by atoms with Crippen LogP contribution in [0.1, 0.15) is 458 Å². The highest BCUT2D eigenvalue weighted by Gasteiger charge is 2.30. The van der Waals surface area contributed by atoms with Crippen molar-refractivity contribution < 1.29 is 80.2 Å². The highest BCUT2D eigenvalue weighted by atomic mass is 31.2. The maximum Gasteiger partial charge on any atom is 0.472 e. The summed E-state index contributed by atoms with van der Waals surface area (Å²) in [6, 6.07) is 0. The number of carbonyl (C=O) groups is 4. The van der Waals surface area contributed by atoms with E-state index in [1.165, 1.54) is 283 Å². The fraction of sp³-hybridized carbons (Fsp3) is 0.953. The summed E-state index contributed by atoms with van der Waals surface area (Å²) in [4.78, 5) is 73.1. The second-order valence-electron chi connectivity index (χ2n) is 31.1. The summed E-state index contributed by atoms with van der Waals surface area (Å²) in [5, 5.41) is 10.7. The molecule has 0 aromatic rings. The number of hydrogen-bond donors (Lipinski definition) is 3. The number of carbonyl (C=O) groups excluding carboxylic acids is 4. The van der Waals surface area contributed by atoms with Gasteiger partial charge < -0.3 is 33.8 Å². The second-order valence-corrected chi connectivity index (χ2v) is 34.0. The van der Waals surface area contributed by atoms with Crippen molar-refractivity contribution in [1.29, 1.82) is 0 Å². The molecule has 19 heteroatoms. The van der Waals surface area contributed by atoms with Gasteiger partial charge in [0.25, 0.3) is 0 Å². The Labute approximate surface area is 638 Å². The maximum atomic E-state index is 13.1. The quantitative estimate of drug-likeness (QED) is 0.0222. The number of aliphatic hydroxyl groups is 1. The van der Waals surface area contributed by atoms with Gasteiger partial charge in [-0.15, -0.1) is 0 Å². The molecule has 0 spiro atoms. The third-order valence-electron chi connectivity index (χ3n) is 20.0. The van der Waals surface area contributed by atoms with Crippen LogP contribution in [0.3, 0.4) is 0 Å². The van der Waals surface area contributed by atoms with Crippen molar-refractivity contribution >= 4 is 39.5 Å². The van der Waals surface area contributed by atoms with E-state index in [1.807, 2.05) is 0 Å². The van der Waals surface area contributed by atoms with Crippen molar-refractivity contribution in [2.45, 2.75) is 477 Å². The smallest absolute Gasteiger partial charge is 0.462 e. The Hall–Kier alpha value is -1.94. The minimum atomic E-state index is -4.96. The SMILES string of the molecule is CCCCCCCCCCCCCCCCCCCCCCCCC(=O)O[C@H](COC(=O)CCCCCCCCCCCCCCCCCCC)COP(=O)(O)OC[C@@H](O)COP(=O)(O)OC[C@@H](COC(=O)CCCCCCCCCCC)OC(=O)CCCCCCCCCCCCCCCC(C)C. The Kier molecular flexibility index (Phi) is 76.3. The number of hydrogen-bond acceptors (Lipinski definition) is 15. The number of aliphatic hydroxyl groups excluding tert-OH is 1. The van der Waals surface area contributed by atoms with Gasteiger partial charge in [0, 0.05) is 25.7 Å². The van der Waals surface area contributed by atoms with Crippen LogP contribution in [0.25, 0.3) is 0 Å². The zero-order valence-electron chi connectivity index (χ0n) is 68.2. The number of phosphoric ester groups is 2. The molecule has 618 valence electrons. The highest BCUT2D eigenvalue weighted by Crippen LogP contribution is 2.45. The van der Waals surface area contributed by atoms with Crippen molar-refractivity contribution in [1.82, 2.24) is 0 Å². The van der Waals surface area contributed by atoms with E-state index in [9.17, 15) is 43.2 Å². The molecule has 2 unspecified atom stereocenters. The minimum Gasteiger partial charge on any atom is -0.462 e. The molecule has 0 fully saturated rings. The third-order valence-corrected chi connectivity index (χ3v) is 21.9. The molecule has 0 heterocycles. The van der Waals surface area contributed by atoms with Gasteiger partial charge in [0.05, 0.1) is 26.4 Å². The van der Waals surface area contributed by atoms with E-state index in [-0.39, 0.29) is 25.7 Å². The molecule has 0 aliphatic rings. The number of rotatable bonds is 85. The number of ether oxygens (including phenoxy) is 4. The molecule has 0 aromatic carbocycles. The summed E-state index contributed by atoms with van der Waals surface area (Å²) < 4.78 is 68.8. The van der Waals surface area contributed by atoms with E-state index in [0.29, 0.717) is 25.7 Å². The van der Waals surface area contributed by atoms with Gasteiger partial charge in [-0.2, -0.15) is 0 Å². The van der Waals surface area contributed by atoms with Crippen molar-refractivity contribution in [3.05, 3.63) is 0 Å². The molecule has 0 aliphatic heterocycles. The van der Waals surface area contributed by atoms with Gasteiger partial charge in [-0.1, -0.05) is 407 Å². The zero-order valence-corrected chi connectivity index (χ0v) is 70.0. The second kappa shape index (κ2) is 77.8. The summed E-state index contributed by atoms with van der Waals surface area (Å²) in [6.07, 6.45) is 70.9. The molecule has 3 N–H and O–H groups in total. The molecule has 0 saturated heterocycles. The van der Waals surface area contributed by atoms with Gasteiger partial charge in [0.2, 0.25) is 0 Å². The highest BCUT2D eigenvalue weighted by molar-refractivity contribution is 7.47. The van der Waals surface area contributed by atoms with Crippen LogP contribution in [0.5, 0.6) is 0 Å². The van der Waals surface area contributed by atoms with E-state index in [1.54, 1.807) is 0 Å². The Morgan fingerprint density at radius 1 is 0.260 bits per heavy atom. The Morgan fingerprint density at radius 3 is 0.654 bits per heavy atom. The first-order chi connectivity index (χ1) is 50.5. The van der Waals surface area contributed by atoms with Crippen LogP contribution in [-0.4, -0.2) is 96.7 Å². The number of phosphoric acid groups is 2. The van der Waals surface area contributed by atoms with Gasteiger partial charge in [-0.05, 0) is 31.6 Å². The van der Waals surface area contributed by atoms with Crippen molar-refractivity contribution in [2.24, 2.45) is 5.92 Å². The standard InChI is InChI=1S/C85H166O17P2/c1-6-9-12-15-18-21-23-25-27-29-30-31-32-33-35-37-41-45-50-55-60-65-70-84(89)102-81(75-96-83(88)69-64-59-54-49-44-40-36-34-28-26-24-22-19-16-13-10-7-2)77-100-104(93,94)98-73-79(86)72-97-103(91,92)99-76-80(74-95-82(87)68-63-58-53-47-20-17-14-11-8-3)101-85(90)71-66-61-56-51-46-42-38-39-43-48-52-57-62-67-78(4)5/h78-81,86H,6-77H2,1-5H3,(H,91,92)(H,93,94)/t79-,80+,81+/m0/s1. The Morgan fingerprint density at radius 2 is 0.442 bits per heavy atom. The first-order valence-corrected chi connectivity index (χ1v) is 47.1. The zero-order chi connectivity index (χ0) is 76.2. The normalized spacial score (nSPS) is 13.8. The van der Waals surface area contributed by atoms with Gasteiger partial charge in [-0.25, -0.2) is 9.13 Å². The summed E-state index contributed by atoms with van der Waals surface area (Å²) in [7, 11) is -9.92. The lowest BCUT2D eigenvalue weighted by Gasteiger charge is -2.21. The molecule has 5 atom stereocenters. The molecule has 17 nitrogen and oxygen atoms in total. The number of esters is 4. The predicted octanol–water partition coefficient (Wildman–Crippen LogP) is 26.0. The van der Waals surface area contributed by atoms with Crippen LogP contribution in [0.2, 0.25) is 0 Å². The van der Waals surface area contributed by atoms with Gasteiger partial charge in [-0.3, -0.25) is 37.3 Å². The van der Waals surface area contributed by atoms with Gasteiger partial charge >= 0.3 is 39.5 Å². The molecule has 0 aromatic heterocycles. The molecular weight excluding hydrogens is 1350 g/mol. The van der Waals surface area contributed by atoms with Crippen molar-refractivity contribution in [2.75, 3.05) is 39.6 Å². The average molecular weight is 1520 g/mol. The molecular formula is C85H166O17P2. The lowest BCUT2D eigenvalue weighted by atomic mass is 10.0. The first kappa shape index (κ1) is 102. The average Bonchev–Trinajstić information content (AvgIpc) is 0.908. The van der Waals surface area contributed by atoms with E-state index >= 15 is 0 Å². The summed E-state index contributed by atoms with van der Waals surface area (Å²) in [5.74, 6) is -1.32. The Balaban J connectivity index is 5.20. The Bertz CT molecular complexity index is 1980. The summed E-state index contributed by atoms with van der Waals surface area (Å²) >= 11 is 0. The molecule has 0 radical (unpaired) electrons. The molecule has 0 rings (SSSR count). The third kappa shape index (κ3) is 78.2. The lowest BCUT2D eigenvalue weighted by Crippen LogP contribution is -2.30. The maximum absolute atomic E-state index is 13.1. The van der Waals surface area contributed by atoms with Crippen LogP contribution >= 0.6 is 15.6 Å². The van der Waals surface area contributed by atoms with Crippen LogP contribution < -0.4 is 0 Å². The van der Waals surface area contributed by atoms with E-state index in [0.717, 1.165) is 95.8 Å². The molecule has 0 bridgehead atoms. The van der Waals surface area contributed by atoms with Crippen LogP contribution in [-0.2, 0) is 65.4 Å². The van der Waals surface area contributed by atoms with Crippen molar-refractivity contribution in [3.8, 4) is 0 Å². The summed E-state index contributed by atoms with van der Waals surface area (Å²) in [6.45, 7) is 7.35. The fourth-order valence-corrected chi connectivity index (χ4v) is 14.9. The van der Waals surface area contributed by atoms with Gasteiger partial charge in [0.15, 0.2) is 12.2 Å². The van der Waals surface area contributed by atoms with E-state index in [2.05, 4.69) is 34.6 Å². The largest absolute Gasteiger partial charge is 0.472 e. The van der Waals surface area contributed by atoms with E-state index in [4.69, 9.17) is 37.0 Å². The molecule has 0 amide bonds. The van der Waals surface area contributed by atoms with Crippen LogP contribution in [0, 0.1) is 5.92 Å². The van der Waals surface area contributed by atoms with Crippen LogP contribution in [0.15, 0.2) is 0 Å². The predicted molar refractivity (Wildman–Crippen MR) is 428 cm³/mol. The lowest BCUT2D eigenvalue weighted by molar-refractivity contribution is -0.161. The molecule has 104 heavy (non-hydrogen) atoms. The fourth-order valence-electron chi connectivity index (χ4n) is 13.3. The minimum absolute atomic E-state index is 0.108. The first-order valence-electron chi connectivity index (χ1n) is 44.1. The van der Waals surface area contributed by atoms with Crippen molar-refractivity contribution in [3.63, 3.8) is 0 Å². The monoisotopic (exact) mass is 1520 g/mol. The molecule has 0 aliphatic carbocycles.